The van der Waals surface area contributed by atoms with E-state index in [9.17, 15) is 4.79 Å². The number of benzene rings is 1. The van der Waals surface area contributed by atoms with Crippen LogP contribution < -0.4 is 10.1 Å². The van der Waals surface area contributed by atoms with Gasteiger partial charge in [0.05, 0.1) is 13.5 Å². The number of aromatic nitrogens is 1. The summed E-state index contributed by atoms with van der Waals surface area (Å²) < 4.78 is 5.81. The molecular formula is C13H14N2O2S2. The number of ether oxygens (including phenoxy) is 1. The molecule has 2 N–H and O–H groups in total. The van der Waals surface area contributed by atoms with Crippen molar-refractivity contribution in [2.45, 2.75) is 13.3 Å². The first-order chi connectivity index (χ1) is 9.08. The van der Waals surface area contributed by atoms with Crippen LogP contribution in [0.2, 0.25) is 0 Å². The largest absolute Gasteiger partial charge is 0.497 e. The van der Waals surface area contributed by atoms with Gasteiger partial charge in [0.25, 0.3) is 0 Å². The average Bonchev–Trinajstić information content (AvgIpc) is 2.68. The van der Waals surface area contributed by atoms with Gasteiger partial charge in [-0.25, -0.2) is 0 Å². The highest BCUT2D eigenvalue weighted by atomic mass is 32.1. The third-order valence-electron chi connectivity index (χ3n) is 2.60. The lowest BCUT2D eigenvalue weighted by Gasteiger charge is -2.06. The lowest BCUT2D eigenvalue weighted by Crippen LogP contribution is -2.14. The van der Waals surface area contributed by atoms with Crippen molar-refractivity contribution < 1.29 is 9.53 Å². The van der Waals surface area contributed by atoms with Gasteiger partial charge >= 0.3 is 0 Å². The molecule has 0 spiro atoms. The third kappa shape index (κ3) is 3.65. The van der Waals surface area contributed by atoms with Crippen LogP contribution in [0.3, 0.4) is 0 Å². The Kier molecular flexibility index (Phi) is 4.34. The Balaban J connectivity index is 2.05. The number of carbonyl (C=O) groups excluding carboxylic acids is 1. The van der Waals surface area contributed by atoms with Gasteiger partial charge in [0.2, 0.25) is 5.91 Å². The van der Waals surface area contributed by atoms with Crippen LogP contribution in [-0.4, -0.2) is 18.0 Å². The van der Waals surface area contributed by atoms with Gasteiger partial charge in [0.15, 0.2) is 3.95 Å². The quantitative estimate of drug-likeness (QED) is 0.851. The number of rotatable bonds is 4. The van der Waals surface area contributed by atoms with Crippen LogP contribution in [0, 0.1) is 10.9 Å². The fourth-order valence-corrected chi connectivity index (χ4v) is 2.95. The van der Waals surface area contributed by atoms with Gasteiger partial charge in [-0.3, -0.25) is 4.79 Å². The number of thiazole rings is 1. The van der Waals surface area contributed by atoms with Crippen LogP contribution in [-0.2, 0) is 11.2 Å². The monoisotopic (exact) mass is 294 g/mol. The standard InChI is InChI=1S/C13H14N2O2S2/c1-8-11(19-13(18)14-8)7-12(16)15-9-4-3-5-10(6-9)17-2/h3-6H,7H2,1-2H3,(H,14,18)(H,15,16). The summed E-state index contributed by atoms with van der Waals surface area (Å²) in [5, 5.41) is 2.84. The highest BCUT2D eigenvalue weighted by molar-refractivity contribution is 7.73. The second-order valence-electron chi connectivity index (χ2n) is 4.02. The van der Waals surface area contributed by atoms with Crippen molar-refractivity contribution in [1.29, 1.82) is 0 Å². The average molecular weight is 294 g/mol. The van der Waals surface area contributed by atoms with E-state index in [0.29, 0.717) is 16.1 Å². The lowest BCUT2D eigenvalue weighted by atomic mass is 10.2. The predicted molar refractivity (Wildman–Crippen MR) is 79.6 cm³/mol. The van der Waals surface area contributed by atoms with Crippen LogP contribution in [0.25, 0.3) is 0 Å². The number of anilines is 1. The van der Waals surface area contributed by atoms with E-state index in [1.807, 2.05) is 25.1 Å². The summed E-state index contributed by atoms with van der Waals surface area (Å²) in [4.78, 5) is 15.9. The van der Waals surface area contributed by atoms with E-state index in [-0.39, 0.29) is 5.91 Å². The number of carbonyl (C=O) groups is 1. The van der Waals surface area contributed by atoms with Gasteiger partial charge < -0.3 is 15.0 Å². The van der Waals surface area contributed by atoms with Gasteiger partial charge in [-0.1, -0.05) is 6.07 Å². The molecule has 0 atom stereocenters. The third-order valence-corrected chi connectivity index (χ3v) is 3.93. The predicted octanol–water partition coefficient (Wildman–Crippen LogP) is 3.30. The van der Waals surface area contributed by atoms with Crippen molar-refractivity contribution in [3.63, 3.8) is 0 Å². The van der Waals surface area contributed by atoms with E-state index in [0.717, 1.165) is 16.3 Å². The van der Waals surface area contributed by atoms with Crippen molar-refractivity contribution in [2.75, 3.05) is 12.4 Å². The molecule has 0 aliphatic rings. The van der Waals surface area contributed by atoms with E-state index in [4.69, 9.17) is 17.0 Å². The summed E-state index contributed by atoms with van der Waals surface area (Å²) in [5.74, 6) is 0.646. The summed E-state index contributed by atoms with van der Waals surface area (Å²) in [5.41, 5.74) is 1.68. The molecule has 4 nitrogen and oxygen atoms in total. The van der Waals surface area contributed by atoms with Crippen LogP contribution >= 0.6 is 23.6 Å². The molecule has 0 saturated heterocycles. The van der Waals surface area contributed by atoms with Gasteiger partial charge in [-0.15, -0.1) is 11.3 Å². The molecule has 0 radical (unpaired) electrons. The van der Waals surface area contributed by atoms with E-state index in [1.54, 1.807) is 13.2 Å². The van der Waals surface area contributed by atoms with E-state index in [1.165, 1.54) is 11.3 Å². The molecule has 0 bridgehead atoms. The minimum Gasteiger partial charge on any atom is -0.497 e. The van der Waals surface area contributed by atoms with E-state index >= 15 is 0 Å². The Morgan fingerprint density at radius 1 is 1.53 bits per heavy atom. The maximum absolute atomic E-state index is 11.9. The first kappa shape index (κ1) is 13.8. The van der Waals surface area contributed by atoms with Crippen LogP contribution in [0.1, 0.15) is 10.6 Å². The number of nitrogens with one attached hydrogen (secondary N) is 2. The Morgan fingerprint density at radius 2 is 2.32 bits per heavy atom. The minimum absolute atomic E-state index is 0.0680. The maximum atomic E-state index is 11.9. The lowest BCUT2D eigenvalue weighted by molar-refractivity contribution is -0.115. The van der Waals surface area contributed by atoms with Crippen molar-refractivity contribution in [3.8, 4) is 5.75 Å². The van der Waals surface area contributed by atoms with E-state index < -0.39 is 0 Å². The molecule has 1 aromatic carbocycles. The topological polar surface area (TPSA) is 54.1 Å². The van der Waals surface area contributed by atoms with Crippen LogP contribution in [0.5, 0.6) is 5.75 Å². The molecule has 1 amide bonds. The van der Waals surface area contributed by atoms with Crippen molar-refractivity contribution in [2.24, 2.45) is 0 Å². The molecule has 2 aromatic rings. The maximum Gasteiger partial charge on any atom is 0.229 e. The normalized spacial score (nSPS) is 10.2. The number of hydrogen-bond acceptors (Lipinski definition) is 4. The van der Waals surface area contributed by atoms with Gasteiger partial charge in [0, 0.05) is 22.3 Å². The zero-order valence-corrected chi connectivity index (χ0v) is 12.3. The number of amides is 1. The highest BCUT2D eigenvalue weighted by Crippen LogP contribution is 2.19. The summed E-state index contributed by atoms with van der Waals surface area (Å²) in [6.45, 7) is 1.92. The molecule has 19 heavy (non-hydrogen) atoms. The first-order valence-corrected chi connectivity index (χ1v) is 6.93. The molecule has 6 heteroatoms. The molecule has 0 aliphatic carbocycles. The van der Waals surface area contributed by atoms with Gasteiger partial charge in [-0.2, -0.15) is 0 Å². The molecule has 1 aromatic heterocycles. The number of methoxy groups -OCH3 is 1. The zero-order chi connectivity index (χ0) is 13.8. The van der Waals surface area contributed by atoms with Gasteiger partial charge in [-0.05, 0) is 31.3 Å². The Labute approximate surface area is 120 Å². The summed E-state index contributed by atoms with van der Waals surface area (Å²) in [7, 11) is 1.59. The Bertz CT molecular complexity index is 646. The zero-order valence-electron chi connectivity index (χ0n) is 10.6. The fourth-order valence-electron chi connectivity index (χ4n) is 1.66. The van der Waals surface area contributed by atoms with Crippen LogP contribution in [0.4, 0.5) is 5.69 Å². The highest BCUT2D eigenvalue weighted by Gasteiger charge is 2.09. The van der Waals surface area contributed by atoms with Crippen molar-refractivity contribution >= 4 is 35.1 Å². The molecule has 0 aliphatic heterocycles. The Hall–Kier alpha value is -1.66. The number of hydrogen-bond donors (Lipinski definition) is 2. The second kappa shape index (κ2) is 5.99. The fraction of sp³-hybridized carbons (Fsp3) is 0.231. The summed E-state index contributed by atoms with van der Waals surface area (Å²) >= 11 is 6.49. The number of aryl methyl sites for hydroxylation is 1. The molecule has 0 saturated carbocycles. The molecule has 0 unspecified atom stereocenters. The second-order valence-corrected chi connectivity index (χ2v) is 5.79. The molecule has 2 rings (SSSR count). The summed E-state index contributed by atoms with van der Waals surface area (Å²) in [6.07, 6.45) is 0.320. The Morgan fingerprint density at radius 3 is 2.95 bits per heavy atom. The molecule has 0 fully saturated rings. The first-order valence-electron chi connectivity index (χ1n) is 5.71. The van der Waals surface area contributed by atoms with E-state index in [2.05, 4.69) is 10.3 Å². The molecular weight excluding hydrogens is 280 g/mol. The number of H-pyrrole nitrogens is 1. The van der Waals surface area contributed by atoms with Gasteiger partial charge in [0.1, 0.15) is 5.75 Å². The SMILES string of the molecule is COc1cccc(NC(=O)Cc2sc(=S)[nH]c2C)c1. The molecule has 1 heterocycles. The smallest absolute Gasteiger partial charge is 0.229 e. The van der Waals surface area contributed by atoms with Crippen molar-refractivity contribution in [3.05, 3.63) is 38.8 Å². The van der Waals surface area contributed by atoms with Crippen molar-refractivity contribution in [1.82, 2.24) is 4.98 Å². The summed E-state index contributed by atoms with van der Waals surface area (Å²) in [6, 6.07) is 7.27. The minimum atomic E-state index is -0.0680. The van der Waals surface area contributed by atoms with Crippen LogP contribution in [0.15, 0.2) is 24.3 Å². The number of aromatic amines is 1. The molecule has 100 valence electrons.